The maximum Gasteiger partial charge on any atom is 0.246 e. The van der Waals surface area contributed by atoms with Crippen LogP contribution in [0.1, 0.15) is 11.3 Å². The van der Waals surface area contributed by atoms with Gasteiger partial charge in [-0.3, -0.25) is 4.79 Å². The van der Waals surface area contributed by atoms with Crippen molar-refractivity contribution >= 4 is 38.6 Å². The summed E-state index contributed by atoms with van der Waals surface area (Å²) >= 11 is 3.20. The van der Waals surface area contributed by atoms with E-state index in [4.69, 9.17) is 0 Å². The summed E-state index contributed by atoms with van der Waals surface area (Å²) in [4.78, 5) is 16.9. The van der Waals surface area contributed by atoms with E-state index < -0.39 is 5.82 Å². The number of anilines is 1. The predicted octanol–water partition coefficient (Wildman–Crippen LogP) is 5.26. The summed E-state index contributed by atoms with van der Waals surface area (Å²) in [5, 5.41) is 8.00. The molecule has 0 unspecified atom stereocenters. The monoisotopic (exact) mass is 452 g/mol. The summed E-state index contributed by atoms with van der Waals surface area (Å²) < 4.78 is 16.2. The van der Waals surface area contributed by atoms with Gasteiger partial charge in [0.2, 0.25) is 5.91 Å². The number of carbonyl (C=O) groups is 1. The summed E-state index contributed by atoms with van der Waals surface area (Å²) in [6.07, 6.45) is 1.71. The van der Waals surface area contributed by atoms with E-state index in [9.17, 15) is 9.18 Å². The molecule has 4 aromatic rings. The Hall–Kier alpha value is -3.06. The number of fused-ring (bicyclic) bond motifs is 1. The van der Waals surface area contributed by atoms with Crippen molar-refractivity contribution < 1.29 is 9.18 Å². The molecule has 146 valence electrons. The van der Waals surface area contributed by atoms with Crippen LogP contribution >= 0.6 is 15.9 Å². The number of nitrogens with zero attached hydrogens (tertiary/aromatic N) is 3. The van der Waals surface area contributed by atoms with E-state index in [0.717, 1.165) is 27.8 Å². The number of pyridine rings is 1. The van der Waals surface area contributed by atoms with Gasteiger partial charge in [-0.2, -0.15) is 5.10 Å². The standard InChI is InChI=1S/C22H18BrFN4O/c1-13-4-3-5-15(10-13)17-8-9-25-22-21(17)14(2)27-28(22)12-20(29)26-19-7-6-16(23)11-18(19)24/h3-11H,12H2,1-2H3,(H,26,29). The van der Waals surface area contributed by atoms with Crippen LogP contribution < -0.4 is 5.32 Å². The fourth-order valence-electron chi connectivity index (χ4n) is 3.36. The highest BCUT2D eigenvalue weighted by Gasteiger charge is 2.16. The number of rotatable bonds is 4. The molecule has 2 heterocycles. The van der Waals surface area contributed by atoms with Crippen LogP contribution in [0.4, 0.5) is 10.1 Å². The molecule has 4 rings (SSSR count). The van der Waals surface area contributed by atoms with Gasteiger partial charge in [0.05, 0.1) is 11.4 Å². The number of nitrogens with one attached hydrogen (secondary N) is 1. The molecule has 0 radical (unpaired) electrons. The number of aryl methyl sites for hydroxylation is 2. The quantitative estimate of drug-likeness (QED) is 0.459. The van der Waals surface area contributed by atoms with Crippen LogP contribution in [-0.2, 0) is 11.3 Å². The predicted molar refractivity (Wildman–Crippen MR) is 115 cm³/mol. The molecule has 0 saturated carbocycles. The van der Waals surface area contributed by atoms with Crippen molar-refractivity contribution in [2.75, 3.05) is 5.32 Å². The van der Waals surface area contributed by atoms with E-state index in [1.54, 1.807) is 16.9 Å². The molecule has 0 aliphatic heterocycles. The van der Waals surface area contributed by atoms with Crippen LogP contribution in [0.3, 0.4) is 0 Å². The van der Waals surface area contributed by atoms with E-state index in [1.165, 1.54) is 12.1 Å². The molecule has 0 aliphatic rings. The first-order chi connectivity index (χ1) is 13.9. The van der Waals surface area contributed by atoms with Crippen molar-refractivity contribution in [3.8, 4) is 11.1 Å². The lowest BCUT2D eigenvalue weighted by Gasteiger charge is -2.08. The number of amides is 1. The Kier molecular flexibility index (Phi) is 5.15. The third-order valence-electron chi connectivity index (χ3n) is 4.64. The number of halogens is 2. The Bertz CT molecular complexity index is 1230. The van der Waals surface area contributed by atoms with Crippen molar-refractivity contribution in [1.29, 1.82) is 0 Å². The molecule has 0 atom stereocenters. The third-order valence-corrected chi connectivity index (χ3v) is 5.13. The van der Waals surface area contributed by atoms with Crippen molar-refractivity contribution in [1.82, 2.24) is 14.8 Å². The molecule has 7 heteroatoms. The molecule has 1 N–H and O–H groups in total. The number of aromatic nitrogens is 3. The van der Waals surface area contributed by atoms with E-state index in [-0.39, 0.29) is 18.1 Å². The highest BCUT2D eigenvalue weighted by molar-refractivity contribution is 9.10. The van der Waals surface area contributed by atoms with Gasteiger partial charge in [-0.15, -0.1) is 0 Å². The van der Waals surface area contributed by atoms with Crippen molar-refractivity contribution in [3.05, 3.63) is 76.3 Å². The lowest BCUT2D eigenvalue weighted by atomic mass is 10.0. The van der Waals surface area contributed by atoms with Gasteiger partial charge in [-0.25, -0.2) is 14.1 Å². The minimum atomic E-state index is -0.505. The van der Waals surface area contributed by atoms with Crippen molar-refractivity contribution in [2.24, 2.45) is 0 Å². The normalized spacial score (nSPS) is 11.0. The maximum atomic E-state index is 14.0. The molecule has 1 amide bonds. The lowest BCUT2D eigenvalue weighted by Crippen LogP contribution is -2.20. The van der Waals surface area contributed by atoms with Crippen LogP contribution in [0.25, 0.3) is 22.2 Å². The van der Waals surface area contributed by atoms with Gasteiger partial charge in [0.25, 0.3) is 0 Å². The van der Waals surface area contributed by atoms with Gasteiger partial charge in [0, 0.05) is 16.1 Å². The van der Waals surface area contributed by atoms with Crippen LogP contribution in [0.5, 0.6) is 0 Å². The van der Waals surface area contributed by atoms with Gasteiger partial charge in [0.1, 0.15) is 12.4 Å². The minimum Gasteiger partial charge on any atom is -0.322 e. The van der Waals surface area contributed by atoms with Crippen LogP contribution in [0, 0.1) is 19.7 Å². The molecule has 2 aromatic carbocycles. The van der Waals surface area contributed by atoms with Gasteiger partial charge >= 0.3 is 0 Å². The molecule has 29 heavy (non-hydrogen) atoms. The van der Waals surface area contributed by atoms with Gasteiger partial charge in [-0.1, -0.05) is 45.8 Å². The Balaban J connectivity index is 1.67. The number of hydrogen-bond acceptors (Lipinski definition) is 3. The van der Waals surface area contributed by atoms with Crippen molar-refractivity contribution in [2.45, 2.75) is 20.4 Å². The second-order valence-corrected chi connectivity index (χ2v) is 7.76. The minimum absolute atomic E-state index is 0.0654. The largest absolute Gasteiger partial charge is 0.322 e. The van der Waals surface area contributed by atoms with E-state index in [2.05, 4.69) is 37.4 Å². The molecule has 0 saturated heterocycles. The average molecular weight is 453 g/mol. The molecule has 0 aliphatic carbocycles. The topological polar surface area (TPSA) is 59.8 Å². The van der Waals surface area contributed by atoms with Gasteiger partial charge in [0.15, 0.2) is 5.65 Å². The van der Waals surface area contributed by atoms with E-state index >= 15 is 0 Å². The van der Waals surface area contributed by atoms with E-state index in [0.29, 0.717) is 10.1 Å². The van der Waals surface area contributed by atoms with Crippen molar-refractivity contribution in [3.63, 3.8) is 0 Å². The first-order valence-corrected chi connectivity index (χ1v) is 9.86. The summed E-state index contributed by atoms with van der Waals surface area (Å²) in [6.45, 7) is 3.87. The molecule has 0 bridgehead atoms. The second kappa shape index (κ2) is 7.75. The highest BCUT2D eigenvalue weighted by Crippen LogP contribution is 2.30. The Morgan fingerprint density at radius 1 is 1.17 bits per heavy atom. The van der Waals surface area contributed by atoms with Gasteiger partial charge in [-0.05, 0) is 49.2 Å². The first kappa shape index (κ1) is 19.3. The smallest absolute Gasteiger partial charge is 0.246 e. The zero-order valence-corrected chi connectivity index (χ0v) is 17.5. The van der Waals surface area contributed by atoms with Crippen LogP contribution in [0.2, 0.25) is 0 Å². The van der Waals surface area contributed by atoms with Gasteiger partial charge < -0.3 is 5.32 Å². The Morgan fingerprint density at radius 3 is 2.76 bits per heavy atom. The SMILES string of the molecule is Cc1cccc(-c2ccnc3c2c(C)nn3CC(=O)Nc2ccc(Br)cc2F)c1. The number of carbonyl (C=O) groups excluding carboxylic acids is 1. The molecule has 5 nitrogen and oxygen atoms in total. The number of hydrogen-bond donors (Lipinski definition) is 1. The third kappa shape index (κ3) is 3.91. The number of benzene rings is 2. The molecular weight excluding hydrogens is 435 g/mol. The summed E-state index contributed by atoms with van der Waals surface area (Å²) in [5.74, 6) is -0.882. The zero-order valence-electron chi connectivity index (χ0n) is 15.9. The summed E-state index contributed by atoms with van der Waals surface area (Å²) in [5.41, 5.74) is 4.77. The van der Waals surface area contributed by atoms with E-state index in [1.807, 2.05) is 38.1 Å². The Morgan fingerprint density at radius 2 is 2.00 bits per heavy atom. The molecule has 2 aromatic heterocycles. The van der Waals surface area contributed by atoms with Crippen LogP contribution in [-0.4, -0.2) is 20.7 Å². The average Bonchev–Trinajstić information content (AvgIpc) is 3.00. The highest BCUT2D eigenvalue weighted by atomic mass is 79.9. The lowest BCUT2D eigenvalue weighted by molar-refractivity contribution is -0.116. The summed E-state index contributed by atoms with van der Waals surface area (Å²) in [6, 6.07) is 14.6. The fourth-order valence-corrected chi connectivity index (χ4v) is 3.69. The molecular formula is C22H18BrFN4O. The maximum absolute atomic E-state index is 14.0. The summed E-state index contributed by atoms with van der Waals surface area (Å²) in [7, 11) is 0. The molecule has 0 fully saturated rings. The first-order valence-electron chi connectivity index (χ1n) is 9.06. The zero-order chi connectivity index (χ0) is 20.5. The Labute approximate surface area is 175 Å². The molecule has 0 spiro atoms. The second-order valence-electron chi connectivity index (χ2n) is 6.84. The van der Waals surface area contributed by atoms with Crippen LogP contribution in [0.15, 0.2) is 59.2 Å². The fraction of sp³-hybridized carbons (Fsp3) is 0.136.